The maximum absolute atomic E-state index is 10.7. The molecule has 0 aliphatic heterocycles. The van der Waals surface area contributed by atoms with Crippen LogP contribution in [0.25, 0.3) is 6.08 Å². The van der Waals surface area contributed by atoms with Gasteiger partial charge in [-0.15, -0.1) is 0 Å². The van der Waals surface area contributed by atoms with Crippen LogP contribution in [0.4, 0.5) is 5.82 Å². The average molecular weight is 300 g/mol. The van der Waals surface area contributed by atoms with Gasteiger partial charge in [0.1, 0.15) is 5.82 Å². The minimum atomic E-state index is -0.944. The number of thiophene rings is 1. The maximum Gasteiger partial charge on any atom is 0.328 e. The van der Waals surface area contributed by atoms with Crippen LogP contribution in [0.5, 0.6) is 0 Å². The molecule has 0 unspecified atom stereocenters. The van der Waals surface area contributed by atoms with Crippen molar-refractivity contribution >= 4 is 29.2 Å². The molecule has 1 aliphatic rings. The lowest BCUT2D eigenvalue weighted by Gasteiger charge is -2.24. The van der Waals surface area contributed by atoms with Crippen LogP contribution in [0.2, 0.25) is 0 Å². The molecule has 1 aliphatic carbocycles. The number of hydrogen-bond donors (Lipinski definition) is 1. The van der Waals surface area contributed by atoms with Crippen LogP contribution in [0.15, 0.2) is 41.2 Å². The van der Waals surface area contributed by atoms with Gasteiger partial charge < -0.3 is 10.0 Å². The van der Waals surface area contributed by atoms with Crippen LogP contribution in [0.3, 0.4) is 0 Å². The first kappa shape index (κ1) is 13.8. The Bertz CT molecular complexity index is 648. The highest BCUT2D eigenvalue weighted by molar-refractivity contribution is 7.07. The molecule has 4 nitrogen and oxygen atoms in total. The van der Waals surface area contributed by atoms with E-state index in [0.717, 1.165) is 24.0 Å². The molecule has 1 saturated carbocycles. The number of carboxylic acid groups (broad SMARTS) is 1. The third-order valence-electron chi connectivity index (χ3n) is 3.42. The van der Waals surface area contributed by atoms with E-state index in [9.17, 15) is 4.79 Å². The Balaban J connectivity index is 1.90. The smallest absolute Gasteiger partial charge is 0.328 e. The van der Waals surface area contributed by atoms with Gasteiger partial charge in [0.05, 0.1) is 0 Å². The summed E-state index contributed by atoms with van der Waals surface area (Å²) in [5.41, 5.74) is 2.12. The molecule has 0 aromatic carbocycles. The number of aliphatic carboxylic acids is 1. The minimum Gasteiger partial charge on any atom is -0.478 e. The van der Waals surface area contributed by atoms with Gasteiger partial charge in [0.25, 0.3) is 0 Å². The van der Waals surface area contributed by atoms with Gasteiger partial charge in [-0.3, -0.25) is 0 Å². The van der Waals surface area contributed by atoms with Crippen molar-refractivity contribution in [3.63, 3.8) is 0 Å². The summed E-state index contributed by atoms with van der Waals surface area (Å²) in [6.07, 6.45) is 6.88. The molecule has 3 rings (SSSR count). The molecule has 0 amide bonds. The fourth-order valence-corrected chi connectivity index (χ4v) is 2.94. The second-order valence-corrected chi connectivity index (χ2v) is 5.86. The topological polar surface area (TPSA) is 53.4 Å². The Hall–Kier alpha value is -2.14. The zero-order valence-corrected chi connectivity index (χ0v) is 12.3. The fourth-order valence-electron chi connectivity index (χ4n) is 2.28. The van der Waals surface area contributed by atoms with E-state index >= 15 is 0 Å². The molecular weight excluding hydrogens is 284 g/mol. The Labute approximate surface area is 127 Å². The van der Waals surface area contributed by atoms with Gasteiger partial charge in [-0.1, -0.05) is 0 Å². The van der Waals surface area contributed by atoms with E-state index in [4.69, 9.17) is 5.11 Å². The summed E-state index contributed by atoms with van der Waals surface area (Å²) in [5.74, 6) is -0.0793. The van der Waals surface area contributed by atoms with E-state index in [0.29, 0.717) is 6.04 Å². The lowest BCUT2D eigenvalue weighted by molar-refractivity contribution is -0.131. The normalized spacial score (nSPS) is 14.5. The summed E-state index contributed by atoms with van der Waals surface area (Å²) in [6, 6.07) is 6.37. The SMILES string of the molecule is O=C(O)/C=C/c1cccnc1N(Cc1ccsc1)C1CC1. The number of anilines is 1. The first-order valence-electron chi connectivity index (χ1n) is 6.88. The molecule has 0 radical (unpaired) electrons. The summed E-state index contributed by atoms with van der Waals surface area (Å²) in [7, 11) is 0. The predicted molar refractivity (Wildman–Crippen MR) is 84.4 cm³/mol. The molecule has 2 aromatic heterocycles. The van der Waals surface area contributed by atoms with Crippen LogP contribution in [0, 0.1) is 0 Å². The monoisotopic (exact) mass is 300 g/mol. The van der Waals surface area contributed by atoms with Crippen molar-refractivity contribution in [3.05, 3.63) is 52.4 Å². The number of pyridine rings is 1. The fraction of sp³-hybridized carbons (Fsp3) is 0.250. The van der Waals surface area contributed by atoms with E-state index in [2.05, 4.69) is 26.7 Å². The van der Waals surface area contributed by atoms with Crippen LogP contribution in [0.1, 0.15) is 24.0 Å². The number of rotatable bonds is 6. The second-order valence-electron chi connectivity index (χ2n) is 5.08. The Morgan fingerprint density at radius 2 is 2.33 bits per heavy atom. The second kappa shape index (κ2) is 6.10. The van der Waals surface area contributed by atoms with Crippen molar-refractivity contribution in [2.24, 2.45) is 0 Å². The Morgan fingerprint density at radius 3 is 3.00 bits per heavy atom. The predicted octanol–water partition coefficient (Wildman–Crippen LogP) is 3.41. The highest BCUT2D eigenvalue weighted by Gasteiger charge is 2.31. The van der Waals surface area contributed by atoms with Crippen molar-refractivity contribution in [1.29, 1.82) is 0 Å². The largest absolute Gasteiger partial charge is 0.478 e. The van der Waals surface area contributed by atoms with E-state index in [1.807, 2.05) is 12.1 Å². The number of carbonyl (C=O) groups is 1. The molecule has 0 bridgehead atoms. The minimum absolute atomic E-state index is 0.511. The highest BCUT2D eigenvalue weighted by Crippen LogP contribution is 2.34. The van der Waals surface area contributed by atoms with Crippen LogP contribution >= 0.6 is 11.3 Å². The van der Waals surface area contributed by atoms with Crippen LogP contribution < -0.4 is 4.90 Å². The van der Waals surface area contributed by atoms with Crippen molar-refractivity contribution in [1.82, 2.24) is 4.98 Å². The number of carboxylic acids is 1. The van der Waals surface area contributed by atoms with Crippen molar-refractivity contribution in [2.45, 2.75) is 25.4 Å². The van der Waals surface area contributed by atoms with Crippen LogP contribution in [-0.4, -0.2) is 22.1 Å². The van der Waals surface area contributed by atoms with E-state index in [1.165, 1.54) is 18.4 Å². The van der Waals surface area contributed by atoms with Gasteiger partial charge in [-0.2, -0.15) is 11.3 Å². The standard InChI is InChI=1S/C16H16N2O2S/c19-15(20)6-3-13-2-1-8-17-16(13)18(14-4-5-14)10-12-7-9-21-11-12/h1-3,6-9,11,14H,4-5,10H2,(H,19,20)/b6-3+. The van der Waals surface area contributed by atoms with Gasteiger partial charge in [-0.25, -0.2) is 9.78 Å². The number of hydrogen-bond acceptors (Lipinski definition) is 4. The zero-order valence-electron chi connectivity index (χ0n) is 11.5. The highest BCUT2D eigenvalue weighted by atomic mass is 32.1. The molecular formula is C16H16N2O2S. The van der Waals surface area contributed by atoms with Crippen molar-refractivity contribution in [2.75, 3.05) is 4.90 Å². The Kier molecular flexibility index (Phi) is 4.01. The van der Waals surface area contributed by atoms with Crippen LogP contribution in [-0.2, 0) is 11.3 Å². The molecule has 108 valence electrons. The molecule has 1 fully saturated rings. The molecule has 21 heavy (non-hydrogen) atoms. The summed E-state index contributed by atoms with van der Waals surface area (Å²) in [4.78, 5) is 17.5. The molecule has 0 atom stereocenters. The summed E-state index contributed by atoms with van der Waals surface area (Å²) >= 11 is 1.69. The molecule has 0 spiro atoms. The number of nitrogens with zero attached hydrogens (tertiary/aromatic N) is 2. The molecule has 2 aromatic rings. The van der Waals surface area contributed by atoms with Crippen molar-refractivity contribution in [3.8, 4) is 0 Å². The van der Waals surface area contributed by atoms with Gasteiger partial charge in [0, 0.05) is 30.4 Å². The Morgan fingerprint density at radius 1 is 1.48 bits per heavy atom. The summed E-state index contributed by atoms with van der Waals surface area (Å²) in [5, 5.41) is 13.0. The molecule has 1 N–H and O–H groups in total. The summed E-state index contributed by atoms with van der Waals surface area (Å²) < 4.78 is 0. The van der Waals surface area contributed by atoms with Gasteiger partial charge in [0.2, 0.25) is 0 Å². The van der Waals surface area contributed by atoms with E-state index in [-0.39, 0.29) is 0 Å². The van der Waals surface area contributed by atoms with Gasteiger partial charge in [-0.05, 0) is 53.4 Å². The lowest BCUT2D eigenvalue weighted by atomic mass is 10.2. The summed E-state index contributed by atoms with van der Waals surface area (Å²) in [6.45, 7) is 0.819. The van der Waals surface area contributed by atoms with Gasteiger partial charge in [0.15, 0.2) is 0 Å². The number of aromatic nitrogens is 1. The molecule has 0 saturated heterocycles. The quantitative estimate of drug-likeness (QED) is 0.831. The van der Waals surface area contributed by atoms with Crippen molar-refractivity contribution < 1.29 is 9.90 Å². The third kappa shape index (κ3) is 3.49. The zero-order chi connectivity index (χ0) is 14.7. The van der Waals surface area contributed by atoms with Gasteiger partial charge >= 0.3 is 5.97 Å². The third-order valence-corrected chi connectivity index (χ3v) is 4.15. The average Bonchev–Trinajstić information content (AvgIpc) is 3.20. The van der Waals surface area contributed by atoms with E-state index < -0.39 is 5.97 Å². The first-order chi connectivity index (χ1) is 10.2. The molecule has 5 heteroatoms. The first-order valence-corrected chi connectivity index (χ1v) is 7.82. The lowest BCUT2D eigenvalue weighted by Crippen LogP contribution is -2.26. The van der Waals surface area contributed by atoms with E-state index in [1.54, 1.807) is 23.6 Å². The molecule has 2 heterocycles. The maximum atomic E-state index is 10.7.